The fourth-order valence-corrected chi connectivity index (χ4v) is 3.44. The Balaban J connectivity index is 2.08. The van der Waals surface area contributed by atoms with Gasteiger partial charge < -0.3 is 15.2 Å². The zero-order valence-corrected chi connectivity index (χ0v) is 13.9. The summed E-state index contributed by atoms with van der Waals surface area (Å²) < 4.78 is 5.82. The van der Waals surface area contributed by atoms with E-state index in [-0.39, 0.29) is 5.75 Å². The number of hydrogen-bond donors (Lipinski definition) is 2. The summed E-state index contributed by atoms with van der Waals surface area (Å²) in [7, 11) is 1.55. The van der Waals surface area contributed by atoms with Crippen LogP contribution in [0.2, 0.25) is 0 Å². The summed E-state index contributed by atoms with van der Waals surface area (Å²) in [6, 6.07) is 8.35. The lowest BCUT2D eigenvalue weighted by Crippen LogP contribution is -2.19. The first-order valence-corrected chi connectivity index (χ1v) is 8.15. The van der Waals surface area contributed by atoms with Gasteiger partial charge in [-0.2, -0.15) is 0 Å². The molecule has 2 rings (SSSR count). The first kappa shape index (κ1) is 15.4. The minimum absolute atomic E-state index is 0.140. The Morgan fingerprint density at radius 3 is 2.85 bits per heavy atom. The van der Waals surface area contributed by atoms with Gasteiger partial charge in [0, 0.05) is 17.5 Å². The molecule has 108 valence electrons. The van der Waals surface area contributed by atoms with Gasteiger partial charge in [0.25, 0.3) is 0 Å². The second-order valence-electron chi connectivity index (χ2n) is 4.49. The normalized spacial score (nSPS) is 12.3. The average molecular weight is 356 g/mol. The standard InChI is InChI=1S/C15H18BrNO2S/c1-3-12(14-5-4-6-20-14)17-9-10-7-11(16)15(18)13(8-10)19-2/h4-8,12,17-18H,3,9H2,1-2H3. The summed E-state index contributed by atoms with van der Waals surface area (Å²) in [5.74, 6) is 0.627. The SMILES string of the molecule is CCC(NCc1cc(Br)c(O)c(OC)c1)c1cccs1. The molecule has 0 saturated carbocycles. The zero-order valence-electron chi connectivity index (χ0n) is 11.5. The molecule has 0 radical (unpaired) electrons. The van der Waals surface area contributed by atoms with E-state index in [1.807, 2.05) is 12.1 Å². The number of rotatable bonds is 6. The van der Waals surface area contributed by atoms with E-state index in [1.165, 1.54) is 4.88 Å². The molecule has 1 aromatic carbocycles. The van der Waals surface area contributed by atoms with Crippen LogP contribution in [0.4, 0.5) is 0 Å². The van der Waals surface area contributed by atoms with E-state index < -0.39 is 0 Å². The fourth-order valence-electron chi connectivity index (χ4n) is 2.06. The Morgan fingerprint density at radius 2 is 2.25 bits per heavy atom. The van der Waals surface area contributed by atoms with E-state index in [0.29, 0.717) is 16.3 Å². The molecule has 20 heavy (non-hydrogen) atoms. The molecule has 2 N–H and O–H groups in total. The number of ether oxygens (including phenoxy) is 1. The van der Waals surface area contributed by atoms with Gasteiger partial charge in [-0.1, -0.05) is 13.0 Å². The maximum Gasteiger partial charge on any atom is 0.172 e. The van der Waals surface area contributed by atoms with Gasteiger partial charge in [0.1, 0.15) is 0 Å². The van der Waals surface area contributed by atoms with Crippen LogP contribution in [0.25, 0.3) is 0 Å². The van der Waals surface area contributed by atoms with Crippen molar-refractivity contribution < 1.29 is 9.84 Å². The molecule has 5 heteroatoms. The van der Waals surface area contributed by atoms with Gasteiger partial charge in [-0.05, 0) is 51.5 Å². The van der Waals surface area contributed by atoms with Crippen molar-refractivity contribution in [2.45, 2.75) is 25.9 Å². The maximum absolute atomic E-state index is 9.81. The number of benzene rings is 1. The summed E-state index contributed by atoms with van der Waals surface area (Å²) >= 11 is 5.11. The Labute approximate surface area is 131 Å². The number of phenols is 1. The van der Waals surface area contributed by atoms with Crippen LogP contribution < -0.4 is 10.1 Å². The lowest BCUT2D eigenvalue weighted by atomic mass is 10.1. The van der Waals surface area contributed by atoms with Gasteiger partial charge >= 0.3 is 0 Å². The topological polar surface area (TPSA) is 41.5 Å². The van der Waals surface area contributed by atoms with Crippen molar-refractivity contribution in [1.82, 2.24) is 5.32 Å². The van der Waals surface area contributed by atoms with Crippen molar-refractivity contribution in [3.63, 3.8) is 0 Å². The highest BCUT2D eigenvalue weighted by molar-refractivity contribution is 9.10. The maximum atomic E-state index is 9.81. The first-order chi connectivity index (χ1) is 9.65. The van der Waals surface area contributed by atoms with Gasteiger partial charge in [0.15, 0.2) is 11.5 Å². The van der Waals surface area contributed by atoms with E-state index in [1.54, 1.807) is 18.4 Å². The van der Waals surface area contributed by atoms with Crippen LogP contribution in [-0.2, 0) is 6.54 Å². The quantitative estimate of drug-likeness (QED) is 0.803. The van der Waals surface area contributed by atoms with Crippen molar-refractivity contribution in [2.24, 2.45) is 0 Å². The van der Waals surface area contributed by atoms with Gasteiger partial charge in [-0.25, -0.2) is 0 Å². The van der Waals surface area contributed by atoms with Crippen molar-refractivity contribution >= 4 is 27.3 Å². The fraction of sp³-hybridized carbons (Fsp3) is 0.333. The monoisotopic (exact) mass is 355 g/mol. The minimum atomic E-state index is 0.140. The van der Waals surface area contributed by atoms with Gasteiger partial charge in [-0.3, -0.25) is 0 Å². The molecule has 0 saturated heterocycles. The van der Waals surface area contributed by atoms with Crippen LogP contribution in [0.1, 0.15) is 29.8 Å². The number of thiophene rings is 1. The molecule has 0 spiro atoms. The highest BCUT2D eigenvalue weighted by atomic mass is 79.9. The van der Waals surface area contributed by atoms with E-state index >= 15 is 0 Å². The van der Waals surface area contributed by atoms with Crippen LogP contribution in [0, 0.1) is 0 Å². The Kier molecular flexibility index (Phi) is 5.46. The van der Waals surface area contributed by atoms with Crippen LogP contribution in [0.15, 0.2) is 34.1 Å². The number of hydrogen-bond acceptors (Lipinski definition) is 4. The number of nitrogens with one attached hydrogen (secondary N) is 1. The molecule has 1 aromatic heterocycles. The second kappa shape index (κ2) is 7.11. The summed E-state index contributed by atoms with van der Waals surface area (Å²) in [6.45, 7) is 2.90. The van der Waals surface area contributed by atoms with E-state index in [9.17, 15) is 5.11 Å². The predicted molar refractivity (Wildman–Crippen MR) is 86.5 cm³/mol. The van der Waals surface area contributed by atoms with Crippen LogP contribution in [0.3, 0.4) is 0 Å². The predicted octanol–water partition coefficient (Wildman–Crippen LogP) is 4.47. The highest BCUT2D eigenvalue weighted by Crippen LogP contribution is 2.35. The van der Waals surface area contributed by atoms with Gasteiger partial charge in [0.2, 0.25) is 0 Å². The Hall–Kier alpha value is -1.04. The Morgan fingerprint density at radius 1 is 1.45 bits per heavy atom. The number of methoxy groups -OCH3 is 1. The van der Waals surface area contributed by atoms with Crippen molar-refractivity contribution in [3.8, 4) is 11.5 Å². The molecule has 2 aromatic rings. The number of phenolic OH excluding ortho intramolecular Hbond substituents is 1. The lowest BCUT2D eigenvalue weighted by molar-refractivity contribution is 0.371. The number of aromatic hydroxyl groups is 1. The second-order valence-corrected chi connectivity index (χ2v) is 6.32. The molecular formula is C15H18BrNO2S. The lowest BCUT2D eigenvalue weighted by Gasteiger charge is -2.16. The van der Waals surface area contributed by atoms with Gasteiger partial charge in [0.05, 0.1) is 11.6 Å². The highest BCUT2D eigenvalue weighted by Gasteiger charge is 2.12. The average Bonchev–Trinajstić information content (AvgIpc) is 2.97. The van der Waals surface area contributed by atoms with Crippen molar-refractivity contribution in [2.75, 3.05) is 7.11 Å². The molecule has 0 aliphatic carbocycles. The van der Waals surface area contributed by atoms with Crippen LogP contribution in [-0.4, -0.2) is 12.2 Å². The van der Waals surface area contributed by atoms with E-state index in [2.05, 4.69) is 45.7 Å². The molecular weight excluding hydrogens is 338 g/mol. The molecule has 1 unspecified atom stereocenters. The smallest absolute Gasteiger partial charge is 0.172 e. The molecule has 0 aliphatic heterocycles. The summed E-state index contributed by atoms with van der Waals surface area (Å²) in [4.78, 5) is 1.34. The zero-order chi connectivity index (χ0) is 14.5. The molecule has 0 bridgehead atoms. The minimum Gasteiger partial charge on any atom is -0.503 e. The molecule has 0 amide bonds. The number of halogens is 1. The third kappa shape index (κ3) is 3.53. The van der Waals surface area contributed by atoms with Gasteiger partial charge in [-0.15, -0.1) is 11.3 Å². The molecule has 0 aliphatic rings. The third-order valence-corrected chi connectivity index (χ3v) is 4.75. The van der Waals surface area contributed by atoms with Crippen LogP contribution in [0.5, 0.6) is 11.5 Å². The van der Waals surface area contributed by atoms with E-state index in [0.717, 1.165) is 18.5 Å². The molecule has 1 heterocycles. The van der Waals surface area contributed by atoms with Crippen molar-refractivity contribution in [3.05, 3.63) is 44.6 Å². The third-order valence-electron chi connectivity index (χ3n) is 3.16. The summed E-state index contributed by atoms with van der Waals surface area (Å²) in [6.07, 6.45) is 1.04. The van der Waals surface area contributed by atoms with E-state index in [4.69, 9.17) is 4.74 Å². The first-order valence-electron chi connectivity index (χ1n) is 6.47. The Bertz CT molecular complexity index is 557. The van der Waals surface area contributed by atoms with Crippen LogP contribution >= 0.6 is 27.3 Å². The molecule has 3 nitrogen and oxygen atoms in total. The largest absolute Gasteiger partial charge is 0.503 e. The van der Waals surface area contributed by atoms with Crippen molar-refractivity contribution in [1.29, 1.82) is 0 Å². The summed E-state index contributed by atoms with van der Waals surface area (Å²) in [5.41, 5.74) is 1.07. The molecule has 0 fully saturated rings. The summed E-state index contributed by atoms with van der Waals surface area (Å²) in [5, 5.41) is 15.4. The molecule has 1 atom stereocenters.